The van der Waals surface area contributed by atoms with Crippen molar-refractivity contribution in [1.82, 2.24) is 0 Å². The van der Waals surface area contributed by atoms with Gasteiger partial charge < -0.3 is 21.5 Å². The second-order valence-electron chi connectivity index (χ2n) is 4.24. The summed E-state index contributed by atoms with van der Waals surface area (Å²) in [5.74, 6) is 0. The molecular formula is C11H19N3OS. The van der Waals surface area contributed by atoms with Crippen LogP contribution in [0.25, 0.3) is 0 Å². The molecule has 1 aliphatic heterocycles. The lowest BCUT2D eigenvalue weighted by atomic mass is 10.1. The highest BCUT2D eigenvalue weighted by Gasteiger charge is 2.19. The first-order valence-electron chi connectivity index (χ1n) is 5.69. The van der Waals surface area contributed by atoms with Crippen molar-refractivity contribution in [3.8, 4) is 0 Å². The van der Waals surface area contributed by atoms with Crippen LogP contribution in [0.4, 0.5) is 5.00 Å². The Bertz CT molecular complexity index is 334. The van der Waals surface area contributed by atoms with Crippen molar-refractivity contribution in [2.75, 3.05) is 24.5 Å². The Morgan fingerprint density at radius 3 is 2.75 bits per heavy atom. The zero-order valence-corrected chi connectivity index (χ0v) is 10.1. The van der Waals surface area contributed by atoms with Crippen molar-refractivity contribution < 1.29 is 5.11 Å². The van der Waals surface area contributed by atoms with Gasteiger partial charge in [0.1, 0.15) is 0 Å². The molecule has 4 nitrogen and oxygen atoms in total. The summed E-state index contributed by atoms with van der Waals surface area (Å²) in [6.07, 6.45) is 1.59. The fourth-order valence-corrected chi connectivity index (χ4v) is 2.99. The predicted octanol–water partition coefficient (Wildman–Crippen LogP) is 0.668. The fraction of sp³-hybridized carbons (Fsp3) is 0.636. The SMILES string of the molecule is NCC(N)c1ccc(N2CCC(O)CC2)s1. The topological polar surface area (TPSA) is 75.5 Å². The molecule has 1 aliphatic rings. The van der Waals surface area contributed by atoms with Crippen molar-refractivity contribution >= 4 is 16.3 Å². The van der Waals surface area contributed by atoms with Crippen LogP contribution in [0.5, 0.6) is 0 Å². The van der Waals surface area contributed by atoms with E-state index in [4.69, 9.17) is 11.5 Å². The lowest BCUT2D eigenvalue weighted by Crippen LogP contribution is -2.35. The average Bonchev–Trinajstić information content (AvgIpc) is 2.78. The van der Waals surface area contributed by atoms with Gasteiger partial charge in [-0.1, -0.05) is 0 Å². The van der Waals surface area contributed by atoms with Gasteiger partial charge in [-0.3, -0.25) is 0 Å². The summed E-state index contributed by atoms with van der Waals surface area (Å²) in [5.41, 5.74) is 11.4. The van der Waals surface area contributed by atoms with Crippen LogP contribution in [-0.4, -0.2) is 30.8 Å². The highest BCUT2D eigenvalue weighted by Crippen LogP contribution is 2.30. The molecule has 2 rings (SSSR count). The molecule has 90 valence electrons. The van der Waals surface area contributed by atoms with E-state index in [1.165, 1.54) is 5.00 Å². The molecule has 1 unspecified atom stereocenters. The first-order chi connectivity index (χ1) is 7.70. The summed E-state index contributed by atoms with van der Waals surface area (Å²) in [6, 6.07) is 4.12. The number of thiophene rings is 1. The van der Waals surface area contributed by atoms with E-state index in [1.54, 1.807) is 11.3 Å². The number of aliphatic hydroxyl groups excluding tert-OH is 1. The van der Waals surface area contributed by atoms with Crippen molar-refractivity contribution in [3.63, 3.8) is 0 Å². The molecule has 1 atom stereocenters. The number of hydrogen-bond acceptors (Lipinski definition) is 5. The zero-order valence-electron chi connectivity index (χ0n) is 9.30. The summed E-state index contributed by atoms with van der Waals surface area (Å²) in [7, 11) is 0. The van der Waals surface area contributed by atoms with Gasteiger partial charge in [-0.25, -0.2) is 0 Å². The average molecular weight is 241 g/mol. The predicted molar refractivity (Wildman–Crippen MR) is 67.8 cm³/mol. The van der Waals surface area contributed by atoms with Gasteiger partial charge in [0.2, 0.25) is 0 Å². The number of piperidine rings is 1. The molecule has 5 N–H and O–H groups in total. The van der Waals surface area contributed by atoms with E-state index >= 15 is 0 Å². The highest BCUT2D eigenvalue weighted by molar-refractivity contribution is 7.16. The quantitative estimate of drug-likeness (QED) is 0.727. The number of anilines is 1. The lowest BCUT2D eigenvalue weighted by molar-refractivity contribution is 0.145. The van der Waals surface area contributed by atoms with Gasteiger partial charge in [0.15, 0.2) is 0 Å². The van der Waals surface area contributed by atoms with Gasteiger partial charge in [-0.15, -0.1) is 11.3 Å². The summed E-state index contributed by atoms with van der Waals surface area (Å²) in [4.78, 5) is 3.45. The van der Waals surface area contributed by atoms with Gasteiger partial charge in [-0.05, 0) is 25.0 Å². The Hall–Kier alpha value is -0.620. The molecule has 0 amide bonds. The molecule has 1 aromatic rings. The van der Waals surface area contributed by atoms with Crippen LogP contribution >= 0.6 is 11.3 Å². The highest BCUT2D eigenvalue weighted by atomic mass is 32.1. The molecule has 0 radical (unpaired) electrons. The first kappa shape index (κ1) is 11.9. The molecule has 0 bridgehead atoms. The van der Waals surface area contributed by atoms with Gasteiger partial charge in [0.05, 0.1) is 17.1 Å². The van der Waals surface area contributed by atoms with Crippen LogP contribution in [0.3, 0.4) is 0 Å². The molecule has 0 saturated carbocycles. The van der Waals surface area contributed by atoms with Crippen molar-refractivity contribution in [2.24, 2.45) is 11.5 Å². The third kappa shape index (κ3) is 2.55. The summed E-state index contributed by atoms with van der Waals surface area (Å²) >= 11 is 1.71. The Labute approximate surface area is 99.9 Å². The van der Waals surface area contributed by atoms with Crippen molar-refractivity contribution in [3.05, 3.63) is 17.0 Å². The number of nitrogens with zero attached hydrogens (tertiary/aromatic N) is 1. The third-order valence-electron chi connectivity index (χ3n) is 3.01. The largest absolute Gasteiger partial charge is 0.393 e. The van der Waals surface area contributed by atoms with E-state index < -0.39 is 0 Å². The molecule has 1 saturated heterocycles. The minimum Gasteiger partial charge on any atom is -0.393 e. The zero-order chi connectivity index (χ0) is 11.5. The Morgan fingerprint density at radius 2 is 2.12 bits per heavy atom. The van der Waals surface area contributed by atoms with Gasteiger partial charge in [0, 0.05) is 24.5 Å². The third-order valence-corrected chi connectivity index (χ3v) is 4.29. The van der Waals surface area contributed by atoms with Crippen molar-refractivity contribution in [2.45, 2.75) is 25.0 Å². The van der Waals surface area contributed by atoms with Crippen LogP contribution in [0.2, 0.25) is 0 Å². The summed E-state index contributed by atoms with van der Waals surface area (Å²) < 4.78 is 0. The molecule has 0 aromatic carbocycles. The van der Waals surface area contributed by atoms with Gasteiger partial charge >= 0.3 is 0 Å². The summed E-state index contributed by atoms with van der Waals surface area (Å²) in [5, 5.41) is 10.7. The lowest BCUT2D eigenvalue weighted by Gasteiger charge is -2.30. The Kier molecular flexibility index (Phi) is 3.81. The minimum absolute atomic E-state index is 0.0471. The van der Waals surface area contributed by atoms with E-state index in [2.05, 4.69) is 17.0 Å². The molecule has 5 heteroatoms. The van der Waals surface area contributed by atoms with Crippen LogP contribution in [0, 0.1) is 0 Å². The Morgan fingerprint density at radius 1 is 1.44 bits per heavy atom. The molecular weight excluding hydrogens is 222 g/mol. The normalized spacial score (nSPS) is 20.1. The van der Waals surface area contributed by atoms with Crippen LogP contribution in [0.15, 0.2) is 12.1 Å². The van der Waals surface area contributed by atoms with E-state index in [0.717, 1.165) is 30.8 Å². The van der Waals surface area contributed by atoms with Crippen molar-refractivity contribution in [1.29, 1.82) is 0 Å². The fourth-order valence-electron chi connectivity index (χ4n) is 1.91. The molecule has 16 heavy (non-hydrogen) atoms. The number of nitrogens with two attached hydrogens (primary N) is 2. The van der Waals surface area contributed by atoms with Crippen LogP contribution in [0.1, 0.15) is 23.8 Å². The van der Waals surface area contributed by atoms with Gasteiger partial charge in [0.25, 0.3) is 0 Å². The molecule has 0 aliphatic carbocycles. The van der Waals surface area contributed by atoms with E-state index in [1.807, 2.05) is 0 Å². The standard InChI is InChI=1S/C11H19N3OS/c12-7-9(13)10-1-2-11(16-10)14-5-3-8(15)4-6-14/h1-2,8-9,15H,3-7,12-13H2. The van der Waals surface area contributed by atoms with E-state index in [9.17, 15) is 5.11 Å². The maximum absolute atomic E-state index is 9.45. The molecule has 1 aromatic heterocycles. The maximum atomic E-state index is 9.45. The maximum Gasteiger partial charge on any atom is 0.0911 e. The smallest absolute Gasteiger partial charge is 0.0911 e. The first-order valence-corrected chi connectivity index (χ1v) is 6.50. The van der Waals surface area contributed by atoms with E-state index in [-0.39, 0.29) is 12.1 Å². The molecule has 0 spiro atoms. The van der Waals surface area contributed by atoms with Crippen LogP contribution in [-0.2, 0) is 0 Å². The van der Waals surface area contributed by atoms with Gasteiger partial charge in [-0.2, -0.15) is 0 Å². The summed E-state index contributed by atoms with van der Waals surface area (Å²) in [6.45, 7) is 2.34. The minimum atomic E-state index is -0.123. The molecule has 1 fully saturated rings. The van der Waals surface area contributed by atoms with Crippen LogP contribution < -0.4 is 16.4 Å². The van der Waals surface area contributed by atoms with E-state index in [0.29, 0.717) is 6.54 Å². The molecule has 2 heterocycles. The number of hydrogen-bond donors (Lipinski definition) is 3. The number of aliphatic hydroxyl groups is 1. The second-order valence-corrected chi connectivity index (χ2v) is 5.33. The Balaban J connectivity index is 2.01. The second kappa shape index (κ2) is 5.14. The monoisotopic (exact) mass is 241 g/mol. The number of rotatable bonds is 3.